The topological polar surface area (TPSA) is 43.1 Å². The quantitative estimate of drug-likeness (QED) is 0.494. The lowest BCUT2D eigenvalue weighted by Gasteiger charge is -2.06. The summed E-state index contributed by atoms with van der Waals surface area (Å²) in [5.74, 6) is 1.26. The number of aromatic nitrogens is 4. The van der Waals surface area contributed by atoms with Gasteiger partial charge in [-0.2, -0.15) is 0 Å². The molecular formula is C15H8Cl2N4. The molecule has 0 N–H and O–H groups in total. The lowest BCUT2D eigenvalue weighted by atomic mass is 10.2. The number of rotatable bonds is 1. The molecule has 0 saturated carbocycles. The van der Waals surface area contributed by atoms with Gasteiger partial charge in [0.25, 0.3) is 0 Å². The van der Waals surface area contributed by atoms with Crippen LogP contribution in [0.2, 0.25) is 10.2 Å². The number of pyridine rings is 1. The van der Waals surface area contributed by atoms with E-state index >= 15 is 0 Å². The number of hydrogen-bond acceptors (Lipinski definition) is 3. The first-order chi connectivity index (χ1) is 10.2. The Labute approximate surface area is 130 Å². The number of imidazole rings is 1. The molecule has 0 radical (unpaired) electrons. The summed E-state index contributed by atoms with van der Waals surface area (Å²) in [4.78, 5) is 13.4. The number of nitrogens with zero attached hydrogens (tertiary/aromatic N) is 4. The summed E-state index contributed by atoms with van der Waals surface area (Å²) in [6.45, 7) is 0. The molecule has 21 heavy (non-hydrogen) atoms. The fourth-order valence-corrected chi connectivity index (χ4v) is 2.61. The van der Waals surface area contributed by atoms with Crippen molar-refractivity contribution >= 4 is 28.8 Å². The summed E-state index contributed by atoms with van der Waals surface area (Å²) in [6.07, 6.45) is 1.76. The summed E-state index contributed by atoms with van der Waals surface area (Å²) in [6, 6.07) is 13.3. The maximum Gasteiger partial charge on any atom is 0.170 e. The van der Waals surface area contributed by atoms with Gasteiger partial charge in [-0.25, -0.2) is 15.0 Å². The smallest absolute Gasteiger partial charge is 0.170 e. The molecule has 0 amide bonds. The van der Waals surface area contributed by atoms with Crippen molar-refractivity contribution in [3.63, 3.8) is 0 Å². The van der Waals surface area contributed by atoms with E-state index in [4.69, 9.17) is 23.2 Å². The van der Waals surface area contributed by atoms with E-state index in [-0.39, 0.29) is 0 Å². The lowest BCUT2D eigenvalue weighted by Crippen LogP contribution is -1.99. The maximum atomic E-state index is 6.22. The third-order valence-corrected chi connectivity index (χ3v) is 3.69. The highest BCUT2D eigenvalue weighted by Gasteiger charge is 2.20. The Hall–Kier alpha value is -2.17. The van der Waals surface area contributed by atoms with Gasteiger partial charge >= 0.3 is 0 Å². The molecule has 0 atom stereocenters. The lowest BCUT2D eigenvalue weighted by molar-refractivity contribution is 1.07. The summed E-state index contributed by atoms with van der Waals surface area (Å²) in [5.41, 5.74) is 2.17. The number of benzene rings is 1. The van der Waals surface area contributed by atoms with Gasteiger partial charge in [-0.15, -0.1) is 0 Å². The molecule has 2 aliphatic rings. The Kier molecular flexibility index (Phi) is 2.80. The van der Waals surface area contributed by atoms with Gasteiger partial charge in [0.1, 0.15) is 11.3 Å². The highest BCUT2D eigenvalue weighted by molar-refractivity contribution is 6.32. The Morgan fingerprint density at radius 3 is 2.48 bits per heavy atom. The fraction of sp³-hybridized carbons (Fsp3) is 0. The van der Waals surface area contributed by atoms with Gasteiger partial charge in [0, 0.05) is 11.8 Å². The average Bonchev–Trinajstić information content (AvgIpc) is 2.95. The van der Waals surface area contributed by atoms with Crippen LogP contribution < -0.4 is 0 Å². The van der Waals surface area contributed by atoms with Crippen molar-refractivity contribution in [1.29, 1.82) is 0 Å². The van der Waals surface area contributed by atoms with Crippen molar-refractivity contribution in [2.24, 2.45) is 0 Å². The van der Waals surface area contributed by atoms with Crippen LogP contribution in [0.3, 0.4) is 0 Å². The third kappa shape index (κ3) is 2.04. The zero-order valence-corrected chi connectivity index (χ0v) is 12.2. The molecule has 2 aliphatic heterocycles. The highest BCUT2D eigenvalue weighted by Crippen LogP contribution is 2.30. The summed E-state index contributed by atoms with van der Waals surface area (Å²) < 4.78 is 1.79. The molecule has 1 aromatic heterocycles. The van der Waals surface area contributed by atoms with Gasteiger partial charge in [0.2, 0.25) is 0 Å². The Morgan fingerprint density at radius 2 is 1.67 bits per heavy atom. The van der Waals surface area contributed by atoms with Gasteiger partial charge in [-0.3, -0.25) is 4.40 Å². The summed E-state index contributed by atoms with van der Waals surface area (Å²) in [7, 11) is 0. The Morgan fingerprint density at radius 1 is 0.857 bits per heavy atom. The van der Waals surface area contributed by atoms with E-state index in [0.29, 0.717) is 33.2 Å². The molecule has 4 rings (SSSR count). The molecule has 0 saturated heterocycles. The van der Waals surface area contributed by atoms with Crippen LogP contribution in [0.25, 0.3) is 28.6 Å². The predicted octanol–water partition coefficient (Wildman–Crippen LogP) is 4.20. The molecule has 102 valence electrons. The number of fused-ring (bicyclic) bond motifs is 3. The van der Waals surface area contributed by atoms with E-state index in [9.17, 15) is 0 Å². The van der Waals surface area contributed by atoms with Gasteiger partial charge in [-0.1, -0.05) is 53.5 Å². The zero-order valence-electron chi connectivity index (χ0n) is 10.7. The number of halogens is 2. The highest BCUT2D eigenvalue weighted by atomic mass is 35.5. The van der Waals surface area contributed by atoms with E-state index in [1.807, 2.05) is 30.3 Å². The molecule has 4 nitrogen and oxygen atoms in total. The van der Waals surface area contributed by atoms with Crippen LogP contribution in [0.5, 0.6) is 0 Å². The van der Waals surface area contributed by atoms with Crippen LogP contribution in [0.15, 0.2) is 48.7 Å². The van der Waals surface area contributed by atoms with Crippen molar-refractivity contribution in [2.45, 2.75) is 0 Å². The second-order valence-electron chi connectivity index (χ2n) is 4.56. The maximum absolute atomic E-state index is 6.22. The predicted molar refractivity (Wildman–Crippen MR) is 82.9 cm³/mol. The van der Waals surface area contributed by atoms with Crippen molar-refractivity contribution in [3.05, 3.63) is 58.8 Å². The zero-order chi connectivity index (χ0) is 14.4. The van der Waals surface area contributed by atoms with Crippen LogP contribution in [-0.2, 0) is 0 Å². The Balaban J connectivity index is 2.06. The van der Waals surface area contributed by atoms with E-state index in [0.717, 1.165) is 5.56 Å². The molecule has 2 aromatic rings. The minimum Gasteiger partial charge on any atom is -0.282 e. The van der Waals surface area contributed by atoms with Crippen molar-refractivity contribution < 1.29 is 0 Å². The van der Waals surface area contributed by atoms with Crippen molar-refractivity contribution in [3.8, 4) is 22.9 Å². The number of hydrogen-bond donors (Lipinski definition) is 0. The first kappa shape index (κ1) is 12.6. The van der Waals surface area contributed by atoms with E-state index in [1.54, 1.807) is 22.7 Å². The van der Waals surface area contributed by atoms with E-state index < -0.39 is 0 Å². The first-order valence-corrected chi connectivity index (χ1v) is 7.04. The standard InChI is InChI=1S/C15H8Cl2N4/c16-10-6-7-11-18-13(17)12-15(21(11)8-10)20-14(19-12)9-4-2-1-3-5-9/h1-8H. The average molecular weight is 315 g/mol. The molecule has 1 aromatic carbocycles. The molecule has 6 heteroatoms. The second-order valence-corrected chi connectivity index (χ2v) is 5.36. The van der Waals surface area contributed by atoms with Crippen LogP contribution >= 0.6 is 23.2 Å². The molecule has 0 unspecified atom stereocenters. The van der Waals surface area contributed by atoms with Crippen LogP contribution in [0, 0.1) is 0 Å². The minimum atomic E-state index is 0.335. The molecule has 0 bridgehead atoms. The fourth-order valence-electron chi connectivity index (χ4n) is 2.24. The van der Waals surface area contributed by atoms with E-state index in [2.05, 4.69) is 15.0 Å². The third-order valence-electron chi connectivity index (χ3n) is 3.20. The van der Waals surface area contributed by atoms with E-state index in [1.165, 1.54) is 0 Å². The molecule has 3 heterocycles. The Bertz CT molecular complexity index is 918. The van der Waals surface area contributed by atoms with Gasteiger partial charge in [-0.05, 0) is 12.1 Å². The summed E-state index contributed by atoms with van der Waals surface area (Å²) >= 11 is 12.3. The second kappa shape index (κ2) is 4.69. The monoisotopic (exact) mass is 314 g/mol. The van der Waals surface area contributed by atoms with Gasteiger partial charge in [0.05, 0.1) is 5.02 Å². The minimum absolute atomic E-state index is 0.335. The van der Waals surface area contributed by atoms with Crippen molar-refractivity contribution in [2.75, 3.05) is 0 Å². The van der Waals surface area contributed by atoms with Crippen LogP contribution in [0.4, 0.5) is 0 Å². The largest absolute Gasteiger partial charge is 0.282 e. The molecule has 0 fully saturated rings. The van der Waals surface area contributed by atoms with Gasteiger partial charge in [0.15, 0.2) is 16.8 Å². The van der Waals surface area contributed by atoms with Crippen molar-refractivity contribution in [1.82, 2.24) is 19.4 Å². The first-order valence-electron chi connectivity index (χ1n) is 6.29. The normalized spacial score (nSPS) is 11.3. The van der Waals surface area contributed by atoms with Crippen LogP contribution in [-0.4, -0.2) is 19.4 Å². The molecule has 0 aliphatic carbocycles. The van der Waals surface area contributed by atoms with Crippen LogP contribution in [0.1, 0.15) is 0 Å². The van der Waals surface area contributed by atoms with Gasteiger partial charge < -0.3 is 0 Å². The molecular weight excluding hydrogens is 307 g/mol. The summed E-state index contributed by atoms with van der Waals surface area (Å²) in [5, 5.41) is 0.934. The SMILES string of the molecule is Clc1ccc2nc(Cl)c3nc(-c4ccccc4)nc-3n2c1. The molecule has 0 spiro atoms.